The van der Waals surface area contributed by atoms with Crippen LogP contribution in [0.1, 0.15) is 23.2 Å². The van der Waals surface area contributed by atoms with Gasteiger partial charge in [-0.25, -0.2) is 0 Å². The minimum absolute atomic E-state index is 0.118. The highest BCUT2D eigenvalue weighted by Crippen LogP contribution is 2.16. The standard InChI is InChI=1S/C15H21ClN2O3/c16-8-11(19)9-17-14-6-2-1-5-13(14)15(20)18-10-12-4-3-7-21-12/h1-2,5-6,11-12,17,19H,3-4,7-10H2,(H,18,20). The first kappa shape index (κ1) is 16.1. The Morgan fingerprint density at radius 3 is 3.00 bits per heavy atom. The maximum Gasteiger partial charge on any atom is 0.253 e. The minimum Gasteiger partial charge on any atom is -0.390 e. The number of benzene rings is 1. The fourth-order valence-corrected chi connectivity index (χ4v) is 2.33. The van der Waals surface area contributed by atoms with Gasteiger partial charge in [0, 0.05) is 25.4 Å². The van der Waals surface area contributed by atoms with Gasteiger partial charge in [-0.2, -0.15) is 0 Å². The van der Waals surface area contributed by atoms with Crippen LogP contribution >= 0.6 is 11.6 Å². The predicted molar refractivity (Wildman–Crippen MR) is 83.0 cm³/mol. The zero-order valence-electron chi connectivity index (χ0n) is 11.8. The second kappa shape index (κ2) is 8.22. The minimum atomic E-state index is -0.644. The van der Waals surface area contributed by atoms with Gasteiger partial charge in [0.15, 0.2) is 0 Å². The number of ether oxygens (including phenoxy) is 1. The van der Waals surface area contributed by atoms with E-state index in [0.29, 0.717) is 24.3 Å². The average Bonchev–Trinajstić information content (AvgIpc) is 3.04. The smallest absolute Gasteiger partial charge is 0.253 e. The Bertz CT molecular complexity index is 464. The van der Waals surface area contributed by atoms with Crippen LogP contribution in [0.4, 0.5) is 5.69 Å². The van der Waals surface area contributed by atoms with Crippen LogP contribution in [0, 0.1) is 0 Å². The van der Waals surface area contributed by atoms with Gasteiger partial charge in [0.25, 0.3) is 5.91 Å². The largest absolute Gasteiger partial charge is 0.390 e. The molecule has 1 aliphatic heterocycles. The molecular formula is C15H21ClN2O3. The number of aliphatic hydroxyl groups excluding tert-OH is 1. The van der Waals surface area contributed by atoms with Crippen LogP contribution in [-0.4, -0.2) is 48.8 Å². The molecule has 0 radical (unpaired) electrons. The Hall–Kier alpha value is -1.30. The third-order valence-electron chi connectivity index (χ3n) is 3.39. The quantitative estimate of drug-likeness (QED) is 0.669. The highest BCUT2D eigenvalue weighted by molar-refractivity contribution is 6.18. The SMILES string of the molecule is O=C(NCC1CCCO1)c1ccccc1NCC(O)CCl. The van der Waals surface area contributed by atoms with Crippen molar-refractivity contribution in [3.05, 3.63) is 29.8 Å². The van der Waals surface area contributed by atoms with E-state index in [-0.39, 0.29) is 17.9 Å². The van der Waals surface area contributed by atoms with Gasteiger partial charge in [0.1, 0.15) is 0 Å². The topological polar surface area (TPSA) is 70.6 Å². The molecule has 0 aromatic heterocycles. The van der Waals surface area contributed by atoms with Gasteiger partial charge < -0.3 is 20.5 Å². The molecule has 116 valence electrons. The summed E-state index contributed by atoms with van der Waals surface area (Å²) in [6.45, 7) is 1.60. The molecule has 1 aromatic carbocycles. The van der Waals surface area contributed by atoms with Crippen molar-refractivity contribution in [2.24, 2.45) is 0 Å². The van der Waals surface area contributed by atoms with E-state index in [1.807, 2.05) is 18.2 Å². The van der Waals surface area contributed by atoms with Gasteiger partial charge in [-0.3, -0.25) is 4.79 Å². The van der Waals surface area contributed by atoms with Crippen molar-refractivity contribution < 1.29 is 14.6 Å². The molecule has 0 saturated carbocycles. The summed E-state index contributed by atoms with van der Waals surface area (Å²) in [6, 6.07) is 7.21. The number of alkyl halides is 1. The molecule has 2 atom stereocenters. The molecule has 0 spiro atoms. The Labute approximate surface area is 129 Å². The Morgan fingerprint density at radius 1 is 1.48 bits per heavy atom. The predicted octanol–water partition coefficient (Wildman–Crippen LogP) is 1.61. The second-order valence-corrected chi connectivity index (χ2v) is 5.39. The van der Waals surface area contributed by atoms with Crippen molar-refractivity contribution in [1.82, 2.24) is 5.32 Å². The monoisotopic (exact) mass is 312 g/mol. The molecule has 1 fully saturated rings. The Morgan fingerprint density at radius 2 is 2.29 bits per heavy atom. The summed E-state index contributed by atoms with van der Waals surface area (Å²) < 4.78 is 5.48. The summed E-state index contributed by atoms with van der Waals surface area (Å²) >= 11 is 5.56. The van der Waals surface area contributed by atoms with Crippen LogP contribution in [0.2, 0.25) is 0 Å². The zero-order valence-corrected chi connectivity index (χ0v) is 12.6. The highest BCUT2D eigenvalue weighted by atomic mass is 35.5. The van der Waals surface area contributed by atoms with Crippen LogP contribution in [0.15, 0.2) is 24.3 Å². The van der Waals surface area contributed by atoms with Gasteiger partial charge in [0.2, 0.25) is 0 Å². The number of hydrogen-bond donors (Lipinski definition) is 3. The third-order valence-corrected chi connectivity index (χ3v) is 3.75. The number of carbonyl (C=O) groups is 1. The molecule has 0 bridgehead atoms. The highest BCUT2D eigenvalue weighted by Gasteiger charge is 2.18. The molecule has 5 nitrogen and oxygen atoms in total. The van der Waals surface area contributed by atoms with Crippen molar-refractivity contribution in [2.75, 3.05) is 30.9 Å². The van der Waals surface area contributed by atoms with E-state index < -0.39 is 6.10 Å². The fraction of sp³-hybridized carbons (Fsp3) is 0.533. The summed E-state index contributed by atoms with van der Waals surface area (Å²) in [4.78, 5) is 12.2. The van der Waals surface area contributed by atoms with E-state index in [9.17, 15) is 9.90 Å². The molecule has 1 aliphatic rings. The van der Waals surface area contributed by atoms with Gasteiger partial charge >= 0.3 is 0 Å². The molecule has 2 rings (SSSR count). The number of hydrogen-bond acceptors (Lipinski definition) is 4. The van der Waals surface area contributed by atoms with Crippen LogP contribution in [0.25, 0.3) is 0 Å². The maximum absolute atomic E-state index is 12.2. The van der Waals surface area contributed by atoms with Crippen molar-refractivity contribution in [1.29, 1.82) is 0 Å². The number of rotatable bonds is 7. The molecule has 1 saturated heterocycles. The van der Waals surface area contributed by atoms with E-state index in [2.05, 4.69) is 10.6 Å². The van der Waals surface area contributed by atoms with Gasteiger partial charge in [-0.05, 0) is 25.0 Å². The average molecular weight is 313 g/mol. The number of para-hydroxylation sites is 1. The van der Waals surface area contributed by atoms with Gasteiger partial charge in [0.05, 0.1) is 23.7 Å². The molecule has 6 heteroatoms. The first-order valence-electron chi connectivity index (χ1n) is 7.17. The second-order valence-electron chi connectivity index (χ2n) is 5.08. The summed E-state index contributed by atoms with van der Waals surface area (Å²) in [5.41, 5.74) is 1.24. The molecular weight excluding hydrogens is 292 g/mol. The van der Waals surface area contributed by atoms with Crippen molar-refractivity contribution in [3.8, 4) is 0 Å². The lowest BCUT2D eigenvalue weighted by atomic mass is 10.1. The number of nitrogens with one attached hydrogen (secondary N) is 2. The van der Waals surface area contributed by atoms with E-state index in [4.69, 9.17) is 16.3 Å². The number of aliphatic hydroxyl groups is 1. The summed E-state index contributed by atoms with van der Waals surface area (Å²) in [5, 5.41) is 15.4. The summed E-state index contributed by atoms with van der Waals surface area (Å²) in [7, 11) is 0. The first-order valence-corrected chi connectivity index (χ1v) is 7.71. The van der Waals surface area contributed by atoms with E-state index in [0.717, 1.165) is 19.4 Å². The fourth-order valence-electron chi connectivity index (χ4n) is 2.22. The molecule has 0 aliphatic carbocycles. The van der Waals surface area contributed by atoms with Crippen molar-refractivity contribution in [2.45, 2.75) is 25.0 Å². The molecule has 3 N–H and O–H groups in total. The van der Waals surface area contributed by atoms with Crippen LogP contribution in [0.5, 0.6) is 0 Å². The molecule has 21 heavy (non-hydrogen) atoms. The number of halogens is 1. The molecule has 1 aromatic rings. The maximum atomic E-state index is 12.2. The first-order chi connectivity index (χ1) is 10.2. The van der Waals surface area contributed by atoms with E-state index in [1.165, 1.54) is 0 Å². The molecule has 2 unspecified atom stereocenters. The number of carbonyl (C=O) groups excluding carboxylic acids is 1. The zero-order chi connectivity index (χ0) is 15.1. The lowest BCUT2D eigenvalue weighted by molar-refractivity contribution is 0.0858. The molecule has 1 amide bonds. The number of anilines is 1. The number of amides is 1. The lowest BCUT2D eigenvalue weighted by Gasteiger charge is -2.15. The van der Waals surface area contributed by atoms with Gasteiger partial charge in [-0.15, -0.1) is 11.6 Å². The lowest BCUT2D eigenvalue weighted by Crippen LogP contribution is -2.32. The van der Waals surface area contributed by atoms with Crippen LogP contribution in [-0.2, 0) is 4.74 Å². The normalized spacial score (nSPS) is 19.2. The van der Waals surface area contributed by atoms with E-state index in [1.54, 1.807) is 6.07 Å². The third kappa shape index (κ3) is 4.88. The van der Waals surface area contributed by atoms with Crippen molar-refractivity contribution >= 4 is 23.2 Å². The Balaban J connectivity index is 1.92. The Kier molecular flexibility index (Phi) is 6.29. The van der Waals surface area contributed by atoms with Crippen molar-refractivity contribution in [3.63, 3.8) is 0 Å². The molecule has 1 heterocycles. The van der Waals surface area contributed by atoms with Crippen LogP contribution < -0.4 is 10.6 Å². The summed E-state index contributed by atoms with van der Waals surface area (Å²) in [5.74, 6) is 0.00868. The summed E-state index contributed by atoms with van der Waals surface area (Å²) in [6.07, 6.45) is 1.51. The van der Waals surface area contributed by atoms with Gasteiger partial charge in [-0.1, -0.05) is 12.1 Å². The van der Waals surface area contributed by atoms with Crippen LogP contribution in [0.3, 0.4) is 0 Å². The van der Waals surface area contributed by atoms with E-state index >= 15 is 0 Å².